The van der Waals surface area contributed by atoms with Crippen LogP contribution in [-0.4, -0.2) is 12.6 Å². The van der Waals surface area contributed by atoms with Crippen molar-refractivity contribution in [3.63, 3.8) is 0 Å². The van der Waals surface area contributed by atoms with E-state index in [1.165, 1.54) is 32.1 Å². The van der Waals surface area contributed by atoms with Gasteiger partial charge in [0, 0.05) is 6.04 Å². The van der Waals surface area contributed by atoms with Gasteiger partial charge in [-0.05, 0) is 37.3 Å². The van der Waals surface area contributed by atoms with E-state index in [2.05, 4.69) is 0 Å². The van der Waals surface area contributed by atoms with E-state index in [9.17, 15) is 0 Å². The highest BCUT2D eigenvalue weighted by Crippen LogP contribution is 2.25. The van der Waals surface area contributed by atoms with E-state index in [-0.39, 0.29) is 0 Å². The quantitative estimate of drug-likeness (QED) is 0.809. The maximum Gasteiger partial charge on any atom is 0.119 e. The molecule has 1 saturated carbocycles. The van der Waals surface area contributed by atoms with Crippen molar-refractivity contribution in [3.8, 4) is 5.75 Å². The van der Waals surface area contributed by atoms with Gasteiger partial charge < -0.3 is 10.5 Å². The summed E-state index contributed by atoms with van der Waals surface area (Å²) in [4.78, 5) is 0. The fourth-order valence-electron chi connectivity index (χ4n) is 2.62. The molecule has 2 unspecified atom stereocenters. The highest BCUT2D eigenvalue weighted by atomic mass is 16.5. The minimum Gasteiger partial charge on any atom is -0.494 e. The summed E-state index contributed by atoms with van der Waals surface area (Å²) in [5.74, 6) is 1.62. The van der Waals surface area contributed by atoms with Gasteiger partial charge in [0.2, 0.25) is 0 Å². The van der Waals surface area contributed by atoms with Crippen LogP contribution in [0.4, 0.5) is 0 Å². The van der Waals surface area contributed by atoms with Gasteiger partial charge in [-0.1, -0.05) is 37.5 Å². The molecule has 1 aromatic rings. The lowest BCUT2D eigenvalue weighted by molar-refractivity contribution is 0.254. The maximum absolute atomic E-state index is 6.20. The Morgan fingerprint density at radius 1 is 1.06 bits per heavy atom. The predicted molar refractivity (Wildman–Crippen MR) is 71.1 cm³/mol. The van der Waals surface area contributed by atoms with Gasteiger partial charge in [0.25, 0.3) is 0 Å². The lowest BCUT2D eigenvalue weighted by Gasteiger charge is -2.21. The first-order valence-corrected chi connectivity index (χ1v) is 6.79. The second kappa shape index (κ2) is 6.65. The number of hydrogen-bond donors (Lipinski definition) is 1. The summed E-state index contributed by atoms with van der Waals surface area (Å²) in [6.45, 7) is 0.794. The smallest absolute Gasteiger partial charge is 0.119 e. The third kappa shape index (κ3) is 4.04. The molecular formula is C15H23NO. The van der Waals surface area contributed by atoms with E-state index in [4.69, 9.17) is 10.5 Å². The van der Waals surface area contributed by atoms with Gasteiger partial charge in [0.15, 0.2) is 0 Å². The lowest BCUT2D eigenvalue weighted by Crippen LogP contribution is -2.30. The molecule has 0 aliphatic heterocycles. The molecule has 1 aromatic carbocycles. The number of nitrogens with two attached hydrogens (primary N) is 1. The summed E-state index contributed by atoms with van der Waals surface area (Å²) in [6.07, 6.45) is 7.55. The number of hydrogen-bond acceptors (Lipinski definition) is 2. The standard InChI is InChI=1S/C15H23NO/c16-15-10-6-1-3-7-13(15)11-12-17-14-8-4-2-5-9-14/h2,4-5,8-9,13,15H,1,3,6-7,10-12,16H2. The third-order valence-electron chi connectivity index (χ3n) is 3.72. The zero-order chi connectivity index (χ0) is 11.9. The van der Waals surface area contributed by atoms with E-state index in [1.807, 2.05) is 30.3 Å². The molecule has 0 spiro atoms. The Bertz CT molecular complexity index is 312. The molecule has 2 rings (SSSR count). The fourth-order valence-corrected chi connectivity index (χ4v) is 2.62. The summed E-state index contributed by atoms with van der Waals surface area (Å²) in [6, 6.07) is 10.4. The molecule has 1 fully saturated rings. The Morgan fingerprint density at radius 3 is 2.65 bits per heavy atom. The summed E-state index contributed by atoms with van der Waals surface area (Å²) < 4.78 is 5.74. The largest absolute Gasteiger partial charge is 0.494 e. The van der Waals surface area contributed by atoms with Crippen molar-refractivity contribution in [2.24, 2.45) is 11.7 Å². The molecule has 2 heteroatoms. The Labute approximate surface area is 104 Å². The molecule has 0 radical (unpaired) electrons. The van der Waals surface area contributed by atoms with Crippen LogP contribution < -0.4 is 10.5 Å². The van der Waals surface area contributed by atoms with Crippen molar-refractivity contribution in [1.82, 2.24) is 0 Å². The predicted octanol–water partition coefficient (Wildman–Crippen LogP) is 3.36. The highest BCUT2D eigenvalue weighted by Gasteiger charge is 2.19. The minimum atomic E-state index is 0.386. The molecule has 2 nitrogen and oxygen atoms in total. The van der Waals surface area contributed by atoms with E-state index in [0.29, 0.717) is 12.0 Å². The van der Waals surface area contributed by atoms with Crippen molar-refractivity contribution in [2.45, 2.75) is 44.6 Å². The van der Waals surface area contributed by atoms with Crippen LogP contribution in [0.3, 0.4) is 0 Å². The van der Waals surface area contributed by atoms with E-state index in [1.54, 1.807) is 0 Å². The van der Waals surface area contributed by atoms with Crippen LogP contribution >= 0.6 is 0 Å². The zero-order valence-corrected chi connectivity index (χ0v) is 10.5. The van der Waals surface area contributed by atoms with E-state index >= 15 is 0 Å². The van der Waals surface area contributed by atoms with Gasteiger partial charge in [-0.3, -0.25) is 0 Å². The van der Waals surface area contributed by atoms with Gasteiger partial charge in [0.1, 0.15) is 5.75 Å². The zero-order valence-electron chi connectivity index (χ0n) is 10.5. The normalized spacial score (nSPS) is 25.2. The summed E-state index contributed by atoms with van der Waals surface area (Å²) in [5.41, 5.74) is 6.20. The van der Waals surface area contributed by atoms with Crippen LogP contribution in [0, 0.1) is 5.92 Å². The highest BCUT2D eigenvalue weighted by molar-refractivity contribution is 5.20. The number of ether oxygens (including phenoxy) is 1. The summed E-state index contributed by atoms with van der Waals surface area (Å²) in [7, 11) is 0. The summed E-state index contributed by atoms with van der Waals surface area (Å²) >= 11 is 0. The van der Waals surface area contributed by atoms with E-state index < -0.39 is 0 Å². The number of rotatable bonds is 4. The van der Waals surface area contributed by atoms with Crippen LogP contribution in [0.15, 0.2) is 30.3 Å². The van der Waals surface area contributed by atoms with Crippen LogP contribution in [0.25, 0.3) is 0 Å². The topological polar surface area (TPSA) is 35.2 Å². The monoisotopic (exact) mass is 233 g/mol. The number of para-hydroxylation sites is 1. The Kier molecular flexibility index (Phi) is 4.87. The molecule has 2 N–H and O–H groups in total. The molecule has 0 saturated heterocycles. The van der Waals surface area contributed by atoms with Crippen LogP contribution in [-0.2, 0) is 0 Å². The summed E-state index contributed by atoms with van der Waals surface area (Å²) in [5, 5.41) is 0. The van der Waals surface area contributed by atoms with Crippen molar-refractivity contribution < 1.29 is 4.74 Å². The molecule has 94 valence electrons. The van der Waals surface area contributed by atoms with Gasteiger partial charge in [-0.25, -0.2) is 0 Å². The molecule has 17 heavy (non-hydrogen) atoms. The molecule has 0 bridgehead atoms. The average Bonchev–Trinajstić information content (AvgIpc) is 2.56. The third-order valence-corrected chi connectivity index (χ3v) is 3.72. The first-order valence-electron chi connectivity index (χ1n) is 6.79. The van der Waals surface area contributed by atoms with E-state index in [0.717, 1.165) is 18.8 Å². The van der Waals surface area contributed by atoms with Crippen molar-refractivity contribution in [1.29, 1.82) is 0 Å². The fraction of sp³-hybridized carbons (Fsp3) is 0.600. The van der Waals surface area contributed by atoms with Gasteiger partial charge >= 0.3 is 0 Å². The second-order valence-corrected chi connectivity index (χ2v) is 5.01. The Balaban J connectivity index is 1.73. The minimum absolute atomic E-state index is 0.386. The van der Waals surface area contributed by atoms with Crippen molar-refractivity contribution in [2.75, 3.05) is 6.61 Å². The molecule has 1 aliphatic rings. The molecule has 0 heterocycles. The molecular weight excluding hydrogens is 210 g/mol. The van der Waals surface area contributed by atoms with Gasteiger partial charge in [0.05, 0.1) is 6.61 Å². The second-order valence-electron chi connectivity index (χ2n) is 5.01. The van der Waals surface area contributed by atoms with Crippen LogP contribution in [0.1, 0.15) is 38.5 Å². The maximum atomic E-state index is 6.20. The lowest BCUT2D eigenvalue weighted by atomic mass is 9.93. The first-order chi connectivity index (χ1) is 8.36. The molecule has 1 aliphatic carbocycles. The SMILES string of the molecule is NC1CCCCCC1CCOc1ccccc1. The van der Waals surface area contributed by atoms with Gasteiger partial charge in [-0.2, -0.15) is 0 Å². The molecule has 2 atom stereocenters. The number of benzene rings is 1. The van der Waals surface area contributed by atoms with Crippen LogP contribution in [0.5, 0.6) is 5.75 Å². The average molecular weight is 233 g/mol. The van der Waals surface area contributed by atoms with Crippen molar-refractivity contribution >= 4 is 0 Å². The van der Waals surface area contributed by atoms with Gasteiger partial charge in [-0.15, -0.1) is 0 Å². The molecule has 0 aromatic heterocycles. The van der Waals surface area contributed by atoms with Crippen LogP contribution in [0.2, 0.25) is 0 Å². The molecule has 0 amide bonds. The first kappa shape index (κ1) is 12.4. The Morgan fingerprint density at radius 2 is 1.82 bits per heavy atom. The Hall–Kier alpha value is -1.02. The van der Waals surface area contributed by atoms with Crippen molar-refractivity contribution in [3.05, 3.63) is 30.3 Å².